The van der Waals surface area contributed by atoms with Gasteiger partial charge in [0.15, 0.2) is 0 Å². The highest BCUT2D eigenvalue weighted by atomic mass is 16.2. The smallest absolute Gasteiger partial charge is 0.238 e. The summed E-state index contributed by atoms with van der Waals surface area (Å²) < 4.78 is 0. The molecular weight excluding hydrogens is 238 g/mol. The lowest BCUT2D eigenvalue weighted by molar-refractivity contribution is -0.134. The molecule has 2 N–H and O–H groups in total. The maximum atomic E-state index is 12.1. The number of likely N-dealkylation sites (N-methyl/N-ethyl adjacent to an activating group) is 1. The molecule has 1 unspecified atom stereocenters. The molecule has 0 aliphatic carbocycles. The highest BCUT2D eigenvalue weighted by molar-refractivity contribution is 5.83. The SMILES string of the molecule is CNCC1C(=O)NCC(C)(C)N1Cc1ccccc1. The van der Waals surface area contributed by atoms with Gasteiger partial charge < -0.3 is 10.6 Å². The van der Waals surface area contributed by atoms with Crippen LogP contribution in [0.1, 0.15) is 19.4 Å². The number of hydrogen-bond donors (Lipinski definition) is 2. The first kappa shape index (κ1) is 14.0. The number of nitrogens with zero attached hydrogens (tertiary/aromatic N) is 1. The van der Waals surface area contributed by atoms with Gasteiger partial charge in [0.25, 0.3) is 0 Å². The van der Waals surface area contributed by atoms with Crippen molar-refractivity contribution in [1.29, 1.82) is 0 Å². The quantitative estimate of drug-likeness (QED) is 0.849. The molecule has 1 aliphatic rings. The Kier molecular flexibility index (Phi) is 4.22. The van der Waals surface area contributed by atoms with Gasteiger partial charge >= 0.3 is 0 Å². The minimum Gasteiger partial charge on any atom is -0.353 e. The van der Waals surface area contributed by atoms with Crippen LogP contribution in [-0.2, 0) is 11.3 Å². The number of piperazine rings is 1. The molecule has 1 heterocycles. The Morgan fingerprint density at radius 1 is 1.37 bits per heavy atom. The maximum absolute atomic E-state index is 12.1. The molecule has 4 heteroatoms. The second-order valence-electron chi connectivity index (χ2n) is 5.72. The molecule has 1 aromatic rings. The van der Waals surface area contributed by atoms with E-state index in [4.69, 9.17) is 0 Å². The van der Waals surface area contributed by atoms with E-state index in [-0.39, 0.29) is 17.5 Å². The number of nitrogens with one attached hydrogen (secondary N) is 2. The molecule has 0 bridgehead atoms. The van der Waals surface area contributed by atoms with E-state index in [2.05, 4.69) is 41.5 Å². The third kappa shape index (κ3) is 3.14. The van der Waals surface area contributed by atoms with Gasteiger partial charge in [-0.05, 0) is 26.5 Å². The second-order valence-corrected chi connectivity index (χ2v) is 5.72. The van der Waals surface area contributed by atoms with Crippen LogP contribution in [0.3, 0.4) is 0 Å². The Morgan fingerprint density at radius 3 is 2.68 bits per heavy atom. The summed E-state index contributed by atoms with van der Waals surface area (Å²) in [6.07, 6.45) is 0. The van der Waals surface area contributed by atoms with E-state index in [0.29, 0.717) is 13.1 Å². The zero-order valence-corrected chi connectivity index (χ0v) is 11.9. The summed E-state index contributed by atoms with van der Waals surface area (Å²) in [4.78, 5) is 14.4. The molecule has 19 heavy (non-hydrogen) atoms. The van der Waals surface area contributed by atoms with Crippen LogP contribution in [-0.4, -0.2) is 42.5 Å². The average Bonchev–Trinajstić information content (AvgIpc) is 2.40. The van der Waals surface area contributed by atoms with Crippen LogP contribution in [0.2, 0.25) is 0 Å². The van der Waals surface area contributed by atoms with Crippen molar-refractivity contribution in [3.63, 3.8) is 0 Å². The summed E-state index contributed by atoms with van der Waals surface area (Å²) >= 11 is 0. The van der Waals surface area contributed by atoms with Gasteiger partial charge in [0.2, 0.25) is 5.91 Å². The molecule has 1 aliphatic heterocycles. The fourth-order valence-electron chi connectivity index (χ4n) is 2.59. The van der Waals surface area contributed by atoms with Gasteiger partial charge in [-0.3, -0.25) is 9.69 Å². The third-order valence-electron chi connectivity index (χ3n) is 3.74. The average molecular weight is 261 g/mol. The first-order chi connectivity index (χ1) is 9.04. The van der Waals surface area contributed by atoms with E-state index < -0.39 is 0 Å². The number of amides is 1. The van der Waals surface area contributed by atoms with Crippen molar-refractivity contribution < 1.29 is 4.79 Å². The molecule has 0 saturated carbocycles. The van der Waals surface area contributed by atoms with Gasteiger partial charge in [-0.25, -0.2) is 0 Å². The minimum atomic E-state index is -0.117. The van der Waals surface area contributed by atoms with Gasteiger partial charge in [-0.1, -0.05) is 30.3 Å². The van der Waals surface area contributed by atoms with E-state index in [1.807, 2.05) is 25.2 Å². The molecule has 0 radical (unpaired) electrons. The Labute approximate surface area is 115 Å². The van der Waals surface area contributed by atoms with Crippen LogP contribution in [0.4, 0.5) is 0 Å². The highest BCUT2D eigenvalue weighted by Gasteiger charge is 2.40. The van der Waals surface area contributed by atoms with Gasteiger partial charge in [0, 0.05) is 25.2 Å². The number of hydrogen-bond acceptors (Lipinski definition) is 3. The molecule has 4 nitrogen and oxygen atoms in total. The normalized spacial score (nSPS) is 23.1. The van der Waals surface area contributed by atoms with Gasteiger partial charge in [-0.2, -0.15) is 0 Å². The maximum Gasteiger partial charge on any atom is 0.238 e. The molecule has 1 amide bonds. The van der Waals surface area contributed by atoms with Crippen LogP contribution in [0.15, 0.2) is 30.3 Å². The topological polar surface area (TPSA) is 44.4 Å². The monoisotopic (exact) mass is 261 g/mol. The fourth-order valence-corrected chi connectivity index (χ4v) is 2.59. The van der Waals surface area contributed by atoms with Crippen LogP contribution in [0.5, 0.6) is 0 Å². The van der Waals surface area contributed by atoms with Crippen molar-refractivity contribution in [2.45, 2.75) is 32.0 Å². The molecule has 1 atom stereocenters. The van der Waals surface area contributed by atoms with Crippen LogP contribution in [0.25, 0.3) is 0 Å². The second kappa shape index (κ2) is 5.72. The lowest BCUT2D eigenvalue weighted by Gasteiger charge is -2.47. The Bertz CT molecular complexity index is 430. The third-order valence-corrected chi connectivity index (χ3v) is 3.74. The molecule has 0 aromatic heterocycles. The van der Waals surface area contributed by atoms with E-state index in [9.17, 15) is 4.79 Å². The first-order valence-electron chi connectivity index (χ1n) is 6.77. The van der Waals surface area contributed by atoms with Crippen LogP contribution >= 0.6 is 0 Å². The van der Waals surface area contributed by atoms with Gasteiger partial charge in [-0.15, -0.1) is 0 Å². The summed E-state index contributed by atoms with van der Waals surface area (Å²) in [5.74, 6) is 0.115. The molecular formula is C15H23N3O. The van der Waals surface area contributed by atoms with Crippen molar-refractivity contribution in [1.82, 2.24) is 15.5 Å². The molecule has 1 fully saturated rings. The van der Waals surface area contributed by atoms with Crippen molar-refractivity contribution in [3.05, 3.63) is 35.9 Å². The minimum absolute atomic E-state index is 0.0364. The Morgan fingerprint density at radius 2 is 2.05 bits per heavy atom. The van der Waals surface area contributed by atoms with Crippen LogP contribution < -0.4 is 10.6 Å². The molecule has 0 spiro atoms. The predicted molar refractivity (Wildman–Crippen MR) is 76.8 cm³/mol. The Balaban J connectivity index is 2.22. The molecule has 1 aromatic carbocycles. The van der Waals surface area contributed by atoms with Crippen molar-refractivity contribution in [2.24, 2.45) is 0 Å². The zero-order chi connectivity index (χ0) is 13.9. The van der Waals surface area contributed by atoms with Crippen molar-refractivity contribution >= 4 is 5.91 Å². The van der Waals surface area contributed by atoms with E-state index in [1.165, 1.54) is 5.56 Å². The van der Waals surface area contributed by atoms with E-state index >= 15 is 0 Å². The lowest BCUT2D eigenvalue weighted by Crippen LogP contribution is -2.67. The number of benzene rings is 1. The number of carbonyl (C=O) groups excluding carboxylic acids is 1. The van der Waals surface area contributed by atoms with E-state index in [0.717, 1.165) is 6.54 Å². The van der Waals surface area contributed by atoms with Crippen molar-refractivity contribution in [3.8, 4) is 0 Å². The summed E-state index contributed by atoms with van der Waals surface area (Å²) in [5.41, 5.74) is 1.21. The predicted octanol–water partition coefficient (Wildman–Crippen LogP) is 0.985. The Hall–Kier alpha value is -1.39. The largest absolute Gasteiger partial charge is 0.353 e. The lowest BCUT2D eigenvalue weighted by atomic mass is 9.94. The number of carbonyl (C=O) groups is 1. The zero-order valence-electron chi connectivity index (χ0n) is 11.9. The molecule has 2 rings (SSSR count). The van der Waals surface area contributed by atoms with E-state index in [1.54, 1.807) is 0 Å². The highest BCUT2D eigenvalue weighted by Crippen LogP contribution is 2.24. The first-order valence-corrected chi connectivity index (χ1v) is 6.77. The number of rotatable bonds is 4. The molecule has 104 valence electrons. The summed E-state index contributed by atoms with van der Waals surface area (Å²) in [6.45, 7) is 6.52. The van der Waals surface area contributed by atoms with Crippen LogP contribution in [0, 0.1) is 0 Å². The van der Waals surface area contributed by atoms with Gasteiger partial charge in [0.05, 0.1) is 0 Å². The fraction of sp³-hybridized carbons (Fsp3) is 0.533. The molecule has 1 saturated heterocycles. The summed E-state index contributed by atoms with van der Waals surface area (Å²) in [7, 11) is 1.88. The standard InChI is InChI=1S/C15H23N3O/c1-15(2)11-17-14(19)13(9-16-3)18(15)10-12-7-5-4-6-8-12/h4-8,13,16H,9-11H2,1-3H3,(H,17,19). The van der Waals surface area contributed by atoms with Crippen molar-refractivity contribution in [2.75, 3.05) is 20.1 Å². The van der Waals surface area contributed by atoms with Gasteiger partial charge in [0.1, 0.15) is 6.04 Å². The summed E-state index contributed by atoms with van der Waals surface area (Å²) in [6, 6.07) is 10.2. The summed E-state index contributed by atoms with van der Waals surface area (Å²) in [5, 5.41) is 6.12.